The van der Waals surface area contributed by atoms with E-state index in [1.54, 1.807) is 18.5 Å². The number of benzene rings is 2. The number of carbonyl (C=O) groups excluding carboxylic acids is 3. The van der Waals surface area contributed by atoms with E-state index in [0.29, 0.717) is 40.7 Å². The maximum absolute atomic E-state index is 16.0. The van der Waals surface area contributed by atoms with Gasteiger partial charge in [-0.25, -0.2) is 14.4 Å². The topological polar surface area (TPSA) is 143 Å². The van der Waals surface area contributed by atoms with Crippen molar-refractivity contribution >= 4 is 40.1 Å². The molecule has 0 spiro atoms. The number of piperidine rings is 4. The van der Waals surface area contributed by atoms with Crippen LogP contribution >= 0.6 is 0 Å². The minimum Gasteiger partial charge on any atom is -0.488 e. The lowest BCUT2D eigenvalue weighted by atomic mass is 9.83. The molecule has 7 fully saturated rings. The van der Waals surface area contributed by atoms with E-state index >= 15 is 4.39 Å². The minimum absolute atomic E-state index is 0.0434. The Balaban J connectivity index is 0.643. The van der Waals surface area contributed by atoms with Crippen LogP contribution in [0.2, 0.25) is 0 Å². The van der Waals surface area contributed by atoms with Gasteiger partial charge in [0.15, 0.2) is 5.82 Å². The van der Waals surface area contributed by atoms with Gasteiger partial charge in [0.2, 0.25) is 11.8 Å². The second-order valence-electron chi connectivity index (χ2n) is 18.7. The lowest BCUT2D eigenvalue weighted by Crippen LogP contribution is -2.69. The number of rotatable bonds is 10. The summed E-state index contributed by atoms with van der Waals surface area (Å²) < 4.78 is 22.2. The van der Waals surface area contributed by atoms with E-state index in [0.717, 1.165) is 118 Å². The Bertz CT molecular complexity index is 2340. The van der Waals surface area contributed by atoms with Gasteiger partial charge in [-0.3, -0.25) is 34.6 Å². The SMILES string of the molecule is CC1(Oc2ccc3[nH]nc(-c4cc(N5CCC(CN6C7CC6CN(CC6CCN(c8ccc9c(c8F)CN(C8CCC(=O)NC8=O)C9=O)CC6)C7)CC5)ncn4)c3c2)CC1. The van der Waals surface area contributed by atoms with Crippen LogP contribution in [-0.4, -0.2) is 129 Å². The highest BCUT2D eigenvalue weighted by Crippen LogP contribution is 2.41. The Kier molecular flexibility index (Phi) is 9.32. The molecule has 2 bridgehead atoms. The van der Waals surface area contributed by atoms with Crippen LogP contribution < -0.4 is 19.9 Å². The Hall–Kier alpha value is -5.15. The molecular weight excluding hydrogens is 764 g/mol. The van der Waals surface area contributed by atoms with Crippen LogP contribution in [0, 0.1) is 17.7 Å². The van der Waals surface area contributed by atoms with Crippen molar-refractivity contribution in [3.8, 4) is 17.1 Å². The first-order valence-electron chi connectivity index (χ1n) is 22.1. The van der Waals surface area contributed by atoms with E-state index in [1.807, 2.05) is 12.1 Å². The van der Waals surface area contributed by atoms with Gasteiger partial charge < -0.3 is 19.4 Å². The predicted molar refractivity (Wildman–Crippen MR) is 223 cm³/mol. The van der Waals surface area contributed by atoms with Crippen molar-refractivity contribution in [2.75, 3.05) is 62.2 Å². The maximum Gasteiger partial charge on any atom is 0.255 e. The molecule has 12 rings (SSSR count). The number of aromatic nitrogens is 4. The summed E-state index contributed by atoms with van der Waals surface area (Å²) in [6.07, 6.45) is 9.90. The second kappa shape index (κ2) is 14.8. The third kappa shape index (κ3) is 6.96. The Morgan fingerprint density at radius 1 is 0.883 bits per heavy atom. The van der Waals surface area contributed by atoms with Crippen molar-refractivity contribution in [2.24, 2.45) is 11.8 Å². The van der Waals surface area contributed by atoms with E-state index in [9.17, 15) is 14.4 Å². The summed E-state index contributed by atoms with van der Waals surface area (Å²) in [5.41, 5.74) is 3.78. The fourth-order valence-corrected chi connectivity index (χ4v) is 10.9. The number of hydrogen-bond acceptors (Lipinski definition) is 11. The van der Waals surface area contributed by atoms with Crippen molar-refractivity contribution in [2.45, 2.75) is 95.0 Å². The third-order valence-corrected chi connectivity index (χ3v) is 14.7. The van der Waals surface area contributed by atoms with Crippen LogP contribution in [0.3, 0.4) is 0 Å². The van der Waals surface area contributed by atoms with E-state index in [1.165, 1.54) is 17.9 Å². The van der Waals surface area contributed by atoms with Gasteiger partial charge in [-0.05, 0) is 100 Å². The molecule has 2 aromatic heterocycles. The van der Waals surface area contributed by atoms with Crippen LogP contribution in [0.4, 0.5) is 15.9 Å². The predicted octanol–water partition coefficient (Wildman–Crippen LogP) is 4.74. The molecule has 2 N–H and O–H groups in total. The highest BCUT2D eigenvalue weighted by atomic mass is 19.1. The number of H-pyrrole nitrogens is 1. The van der Waals surface area contributed by atoms with E-state index in [4.69, 9.17) is 4.74 Å². The summed E-state index contributed by atoms with van der Waals surface area (Å²) in [6, 6.07) is 12.2. The summed E-state index contributed by atoms with van der Waals surface area (Å²) in [4.78, 5) is 58.0. The normalized spacial score (nSPS) is 26.1. The molecular formula is C45H53FN10O4. The largest absolute Gasteiger partial charge is 0.488 e. The molecule has 7 aliphatic heterocycles. The quantitative estimate of drug-likeness (QED) is 0.215. The molecule has 60 heavy (non-hydrogen) atoms. The molecule has 314 valence electrons. The molecule has 4 aromatic rings. The zero-order valence-electron chi connectivity index (χ0n) is 34.2. The van der Waals surface area contributed by atoms with Crippen molar-refractivity contribution in [3.63, 3.8) is 0 Å². The number of hydrogen-bond donors (Lipinski definition) is 2. The van der Waals surface area contributed by atoms with Crippen LogP contribution in [0.1, 0.15) is 80.6 Å². The van der Waals surface area contributed by atoms with Gasteiger partial charge in [0, 0.05) is 93.4 Å². The van der Waals surface area contributed by atoms with Gasteiger partial charge in [0.05, 0.1) is 23.4 Å². The second-order valence-corrected chi connectivity index (χ2v) is 18.7. The number of imide groups is 1. The van der Waals surface area contributed by atoms with Crippen LogP contribution in [0.25, 0.3) is 22.3 Å². The number of amides is 3. The summed E-state index contributed by atoms with van der Waals surface area (Å²) >= 11 is 0. The lowest BCUT2D eigenvalue weighted by molar-refractivity contribution is -0.136. The standard InChI is InChI=1S/C45H53FN10O4/c1-45(12-13-45)60-31-2-4-35-33(19-31)42(51-50-35)36-20-39(48-26-47-36)54-16-10-28(11-17-54)22-55-29-18-30(55)24-52(23-29)21-27-8-14-53(15-9-27)37-5-3-32-34(41(37)46)25-56(44(32)59)38-6-7-40(57)49-43(38)58/h2-5,19-20,26-30,38H,6-18,21-25H2,1H3,(H,50,51)(H,49,57,58). The lowest BCUT2D eigenvalue weighted by Gasteiger charge is -2.58. The van der Waals surface area contributed by atoms with Crippen molar-refractivity contribution in [1.29, 1.82) is 0 Å². The van der Waals surface area contributed by atoms with Crippen molar-refractivity contribution < 1.29 is 23.5 Å². The van der Waals surface area contributed by atoms with Crippen molar-refractivity contribution in [1.82, 2.24) is 40.2 Å². The molecule has 2 aromatic carbocycles. The average Bonchev–Trinajstić information content (AvgIpc) is 3.67. The number of piperazine rings is 1. The Morgan fingerprint density at radius 2 is 1.63 bits per heavy atom. The average molecular weight is 817 g/mol. The first-order chi connectivity index (χ1) is 29.1. The van der Waals surface area contributed by atoms with E-state index in [2.05, 4.69) is 64.1 Å². The fourth-order valence-electron chi connectivity index (χ4n) is 10.9. The minimum atomic E-state index is -0.750. The third-order valence-electron chi connectivity index (χ3n) is 14.7. The zero-order chi connectivity index (χ0) is 40.7. The number of halogens is 1. The summed E-state index contributed by atoms with van der Waals surface area (Å²) in [5.74, 6) is 1.57. The zero-order valence-corrected chi connectivity index (χ0v) is 34.2. The monoisotopic (exact) mass is 816 g/mol. The number of nitrogens with zero attached hydrogens (tertiary/aromatic N) is 8. The van der Waals surface area contributed by atoms with Gasteiger partial charge in [-0.2, -0.15) is 5.10 Å². The Labute approximate surface area is 348 Å². The summed E-state index contributed by atoms with van der Waals surface area (Å²) in [5, 5.41) is 11.1. The van der Waals surface area contributed by atoms with Gasteiger partial charge in [-0.1, -0.05) is 0 Å². The fraction of sp³-hybridized carbons (Fsp3) is 0.556. The molecule has 3 amide bonds. The van der Waals surface area contributed by atoms with Gasteiger partial charge >= 0.3 is 0 Å². The molecule has 15 heteroatoms. The molecule has 8 aliphatic rings. The highest BCUT2D eigenvalue weighted by Gasteiger charge is 2.46. The molecule has 9 heterocycles. The van der Waals surface area contributed by atoms with Crippen LogP contribution in [-0.2, 0) is 16.1 Å². The summed E-state index contributed by atoms with van der Waals surface area (Å²) in [6.45, 7) is 10.3. The number of carbonyl (C=O) groups is 3. The van der Waals surface area contributed by atoms with Crippen LogP contribution in [0.15, 0.2) is 42.7 Å². The molecule has 3 atom stereocenters. The number of aromatic amines is 1. The van der Waals surface area contributed by atoms with Crippen molar-refractivity contribution in [3.05, 3.63) is 59.7 Å². The van der Waals surface area contributed by atoms with E-state index < -0.39 is 11.9 Å². The number of nitrogens with one attached hydrogen (secondary N) is 2. The van der Waals surface area contributed by atoms with Crippen LogP contribution in [0.5, 0.6) is 5.75 Å². The smallest absolute Gasteiger partial charge is 0.255 e. The molecule has 0 radical (unpaired) electrons. The number of fused-ring (bicyclic) bond motifs is 4. The molecule has 3 unspecified atom stereocenters. The molecule has 14 nitrogen and oxygen atoms in total. The first-order valence-corrected chi connectivity index (χ1v) is 22.1. The molecule has 6 saturated heterocycles. The van der Waals surface area contributed by atoms with Gasteiger partial charge in [0.1, 0.15) is 35.2 Å². The highest BCUT2D eigenvalue weighted by molar-refractivity contribution is 6.05. The van der Waals surface area contributed by atoms with Gasteiger partial charge in [0.25, 0.3) is 5.91 Å². The first kappa shape index (κ1) is 37.8. The van der Waals surface area contributed by atoms with Gasteiger partial charge in [-0.15, -0.1) is 0 Å². The molecule has 1 aliphatic carbocycles. The Morgan fingerprint density at radius 3 is 2.38 bits per heavy atom. The number of ether oxygens (including phenoxy) is 1. The number of anilines is 2. The molecule has 1 saturated carbocycles. The maximum atomic E-state index is 16.0. The summed E-state index contributed by atoms with van der Waals surface area (Å²) in [7, 11) is 0. The van der Waals surface area contributed by atoms with E-state index in [-0.39, 0.29) is 42.6 Å².